The average molecular weight is 252 g/mol. The molecule has 1 amide bonds. The number of aryl methyl sites for hydroxylation is 1. The summed E-state index contributed by atoms with van der Waals surface area (Å²) < 4.78 is 0. The van der Waals surface area contributed by atoms with Gasteiger partial charge in [-0.1, -0.05) is 19.1 Å². The lowest BCUT2D eigenvalue weighted by Crippen LogP contribution is -2.37. The van der Waals surface area contributed by atoms with Crippen molar-refractivity contribution in [3.63, 3.8) is 0 Å². The van der Waals surface area contributed by atoms with Crippen molar-refractivity contribution in [2.45, 2.75) is 26.3 Å². The number of nitrogens with one attached hydrogen (secondary N) is 1. The van der Waals surface area contributed by atoms with Crippen molar-refractivity contribution in [2.75, 3.05) is 6.61 Å². The number of hydrogen-bond donors (Lipinski definition) is 2. The second-order valence-electron chi connectivity index (χ2n) is 3.99. The molecule has 6 heteroatoms. The van der Waals surface area contributed by atoms with Gasteiger partial charge in [-0.2, -0.15) is 0 Å². The predicted octanol–water partition coefficient (Wildman–Crippen LogP) is 1.40. The molecule has 0 aliphatic rings. The van der Waals surface area contributed by atoms with Gasteiger partial charge in [0.25, 0.3) is 11.6 Å². The van der Waals surface area contributed by atoms with E-state index < -0.39 is 16.9 Å². The summed E-state index contributed by atoms with van der Waals surface area (Å²) in [6.45, 7) is 3.26. The monoisotopic (exact) mass is 252 g/mol. The summed E-state index contributed by atoms with van der Waals surface area (Å²) in [4.78, 5) is 22.3. The van der Waals surface area contributed by atoms with Gasteiger partial charge in [0.05, 0.1) is 17.6 Å². The number of benzene rings is 1. The number of carbonyl (C=O) groups is 1. The molecule has 0 bridgehead atoms. The van der Waals surface area contributed by atoms with Crippen LogP contribution in [-0.4, -0.2) is 28.6 Å². The number of nitro benzene ring substituents is 1. The summed E-state index contributed by atoms with van der Waals surface area (Å²) >= 11 is 0. The largest absolute Gasteiger partial charge is 0.394 e. The lowest BCUT2D eigenvalue weighted by Gasteiger charge is -2.14. The molecule has 0 saturated heterocycles. The molecule has 1 aromatic rings. The van der Waals surface area contributed by atoms with Gasteiger partial charge in [0.15, 0.2) is 0 Å². The van der Waals surface area contributed by atoms with Crippen molar-refractivity contribution in [3.05, 3.63) is 39.4 Å². The zero-order valence-electron chi connectivity index (χ0n) is 10.3. The molecule has 0 heterocycles. The van der Waals surface area contributed by atoms with Crippen LogP contribution in [0.4, 0.5) is 5.69 Å². The van der Waals surface area contributed by atoms with E-state index in [-0.39, 0.29) is 17.9 Å². The number of hydrogen-bond acceptors (Lipinski definition) is 4. The lowest BCUT2D eigenvalue weighted by atomic mass is 10.1. The highest BCUT2D eigenvalue weighted by Gasteiger charge is 2.23. The number of nitrogens with zero attached hydrogens (tertiary/aromatic N) is 1. The van der Waals surface area contributed by atoms with Crippen molar-refractivity contribution in [1.29, 1.82) is 0 Å². The molecule has 18 heavy (non-hydrogen) atoms. The van der Waals surface area contributed by atoms with E-state index in [1.165, 1.54) is 12.1 Å². The first-order valence-corrected chi connectivity index (χ1v) is 5.67. The van der Waals surface area contributed by atoms with Crippen LogP contribution in [0.15, 0.2) is 18.2 Å². The van der Waals surface area contributed by atoms with Gasteiger partial charge in [0, 0.05) is 6.07 Å². The van der Waals surface area contributed by atoms with E-state index in [0.717, 1.165) is 0 Å². The number of nitro groups is 1. The third-order valence-electron chi connectivity index (χ3n) is 2.72. The van der Waals surface area contributed by atoms with Crippen LogP contribution in [0.1, 0.15) is 29.3 Å². The first-order valence-electron chi connectivity index (χ1n) is 5.67. The van der Waals surface area contributed by atoms with Gasteiger partial charge in [0.1, 0.15) is 5.56 Å². The molecule has 0 aliphatic carbocycles. The topological polar surface area (TPSA) is 92.5 Å². The molecule has 6 nitrogen and oxygen atoms in total. The maximum atomic E-state index is 12.0. The van der Waals surface area contributed by atoms with E-state index in [1.807, 2.05) is 6.92 Å². The highest BCUT2D eigenvalue weighted by molar-refractivity contribution is 5.99. The first-order chi connectivity index (χ1) is 8.51. The molecule has 0 radical (unpaired) electrons. The molecule has 1 aromatic carbocycles. The molecule has 0 aliphatic heterocycles. The first kappa shape index (κ1) is 14.1. The van der Waals surface area contributed by atoms with E-state index in [4.69, 9.17) is 5.11 Å². The quantitative estimate of drug-likeness (QED) is 0.612. The second kappa shape index (κ2) is 6.11. The molecule has 0 aromatic heterocycles. The number of rotatable bonds is 5. The summed E-state index contributed by atoms with van der Waals surface area (Å²) in [5, 5.41) is 22.5. The van der Waals surface area contributed by atoms with Gasteiger partial charge in [-0.25, -0.2) is 0 Å². The maximum Gasteiger partial charge on any atom is 0.282 e. The Morgan fingerprint density at radius 2 is 2.22 bits per heavy atom. The second-order valence-corrected chi connectivity index (χ2v) is 3.99. The molecule has 0 unspecified atom stereocenters. The van der Waals surface area contributed by atoms with Crippen LogP contribution in [0.2, 0.25) is 0 Å². The standard InChI is InChI=1S/C12H16N2O4/c1-3-9(7-15)13-12(16)11-8(2)5-4-6-10(11)14(17)18/h4-6,9,15H,3,7H2,1-2H3,(H,13,16)/t9-/m1/s1. The maximum absolute atomic E-state index is 12.0. The third-order valence-corrected chi connectivity index (χ3v) is 2.72. The van der Waals surface area contributed by atoms with Crippen molar-refractivity contribution < 1.29 is 14.8 Å². The van der Waals surface area contributed by atoms with Gasteiger partial charge >= 0.3 is 0 Å². The van der Waals surface area contributed by atoms with E-state index in [0.29, 0.717) is 12.0 Å². The summed E-state index contributed by atoms with van der Waals surface area (Å²) in [6.07, 6.45) is 0.557. The molecule has 0 spiro atoms. The normalized spacial score (nSPS) is 11.9. The highest BCUT2D eigenvalue weighted by Crippen LogP contribution is 2.21. The Balaban J connectivity index is 3.08. The Morgan fingerprint density at radius 3 is 2.72 bits per heavy atom. The molecule has 1 atom stereocenters. The Bertz CT molecular complexity index is 455. The predicted molar refractivity (Wildman–Crippen MR) is 66.5 cm³/mol. The lowest BCUT2D eigenvalue weighted by molar-refractivity contribution is -0.385. The van der Waals surface area contributed by atoms with Crippen LogP contribution in [0.5, 0.6) is 0 Å². The van der Waals surface area contributed by atoms with Crippen LogP contribution >= 0.6 is 0 Å². The molecular formula is C12H16N2O4. The molecule has 98 valence electrons. The summed E-state index contributed by atoms with van der Waals surface area (Å²) in [7, 11) is 0. The number of aliphatic hydroxyl groups is 1. The summed E-state index contributed by atoms with van der Waals surface area (Å²) in [6, 6.07) is 4.08. The average Bonchev–Trinajstić information content (AvgIpc) is 2.35. The number of aliphatic hydroxyl groups excluding tert-OH is 1. The van der Waals surface area contributed by atoms with Gasteiger partial charge in [-0.3, -0.25) is 14.9 Å². The van der Waals surface area contributed by atoms with Gasteiger partial charge < -0.3 is 10.4 Å². The van der Waals surface area contributed by atoms with Crippen molar-refractivity contribution in [1.82, 2.24) is 5.32 Å². The highest BCUT2D eigenvalue weighted by atomic mass is 16.6. The number of amides is 1. The third kappa shape index (κ3) is 3.04. The molecule has 0 fully saturated rings. The van der Waals surface area contributed by atoms with Crippen LogP contribution in [0.25, 0.3) is 0 Å². The van der Waals surface area contributed by atoms with Gasteiger partial charge in [0.2, 0.25) is 0 Å². The fraction of sp³-hybridized carbons (Fsp3) is 0.417. The minimum absolute atomic E-state index is 0.0504. The van der Waals surface area contributed by atoms with E-state index in [1.54, 1.807) is 13.0 Å². The summed E-state index contributed by atoms with van der Waals surface area (Å²) in [5.74, 6) is -0.527. The molecule has 0 saturated carbocycles. The Hall–Kier alpha value is -1.95. The van der Waals surface area contributed by atoms with Crippen molar-refractivity contribution >= 4 is 11.6 Å². The van der Waals surface area contributed by atoms with Crippen LogP contribution in [0, 0.1) is 17.0 Å². The van der Waals surface area contributed by atoms with Gasteiger partial charge in [-0.15, -0.1) is 0 Å². The summed E-state index contributed by atoms with van der Waals surface area (Å²) in [5.41, 5.74) is 0.365. The van der Waals surface area contributed by atoms with Crippen LogP contribution in [0.3, 0.4) is 0 Å². The van der Waals surface area contributed by atoms with Crippen LogP contribution in [-0.2, 0) is 0 Å². The van der Waals surface area contributed by atoms with Crippen molar-refractivity contribution in [3.8, 4) is 0 Å². The minimum atomic E-state index is -0.582. The Labute approximate surface area is 105 Å². The molecular weight excluding hydrogens is 236 g/mol. The fourth-order valence-electron chi connectivity index (χ4n) is 1.63. The Kier molecular flexibility index (Phi) is 4.79. The van der Waals surface area contributed by atoms with E-state index in [2.05, 4.69) is 5.32 Å². The number of carbonyl (C=O) groups excluding carboxylic acids is 1. The zero-order chi connectivity index (χ0) is 13.7. The smallest absolute Gasteiger partial charge is 0.282 e. The minimum Gasteiger partial charge on any atom is -0.394 e. The van der Waals surface area contributed by atoms with Crippen molar-refractivity contribution in [2.24, 2.45) is 0 Å². The fourth-order valence-corrected chi connectivity index (χ4v) is 1.63. The van der Waals surface area contributed by atoms with E-state index >= 15 is 0 Å². The SMILES string of the molecule is CC[C@H](CO)NC(=O)c1c(C)cccc1[N+](=O)[O-]. The molecule has 1 rings (SSSR count). The Morgan fingerprint density at radius 1 is 1.56 bits per heavy atom. The van der Waals surface area contributed by atoms with Gasteiger partial charge in [-0.05, 0) is 18.9 Å². The van der Waals surface area contributed by atoms with E-state index in [9.17, 15) is 14.9 Å². The van der Waals surface area contributed by atoms with Crippen LogP contribution < -0.4 is 5.32 Å². The molecule has 2 N–H and O–H groups in total. The zero-order valence-corrected chi connectivity index (χ0v) is 10.3.